The van der Waals surface area contributed by atoms with Gasteiger partial charge in [-0.2, -0.15) is 0 Å². The van der Waals surface area contributed by atoms with Gasteiger partial charge in [-0.15, -0.1) is 11.8 Å². The third-order valence-corrected chi connectivity index (χ3v) is 7.98. The molecule has 0 bridgehead atoms. The normalized spacial score (nSPS) is 18.5. The molecule has 1 heterocycles. The molecule has 1 aliphatic rings. The Morgan fingerprint density at radius 2 is 1.61 bits per heavy atom. The van der Waals surface area contributed by atoms with E-state index in [9.17, 15) is 19.8 Å². The molecule has 0 spiro atoms. The Morgan fingerprint density at radius 1 is 0.878 bits per heavy atom. The Labute approximate surface area is 243 Å². The molecule has 0 aromatic heterocycles. The zero-order valence-corrected chi connectivity index (χ0v) is 23.3. The lowest BCUT2D eigenvalue weighted by Gasteiger charge is -2.36. The number of thioether (sulfide) groups is 1. The number of hydrogen-bond acceptors (Lipinski definition) is 7. The minimum atomic E-state index is -0.703. The molecule has 41 heavy (non-hydrogen) atoms. The van der Waals surface area contributed by atoms with Crippen LogP contribution < -0.4 is 5.32 Å². The summed E-state index contributed by atoms with van der Waals surface area (Å²) in [6.07, 6.45) is -0.474. The van der Waals surface area contributed by atoms with Gasteiger partial charge in [0.15, 0.2) is 12.1 Å². The zero-order valence-electron chi connectivity index (χ0n) is 22.5. The Morgan fingerprint density at radius 3 is 2.34 bits per heavy atom. The van der Waals surface area contributed by atoms with Gasteiger partial charge >= 0.3 is 0 Å². The molecule has 3 atom stereocenters. The average molecular weight is 570 g/mol. The first-order valence-corrected chi connectivity index (χ1v) is 14.3. The molecule has 0 radical (unpaired) electrons. The molecule has 0 saturated carbocycles. The Balaban J connectivity index is 1.35. The van der Waals surface area contributed by atoms with Gasteiger partial charge in [0.05, 0.1) is 18.8 Å². The highest BCUT2D eigenvalue weighted by molar-refractivity contribution is 7.99. The third kappa shape index (κ3) is 7.42. The molecule has 4 aromatic carbocycles. The van der Waals surface area contributed by atoms with Crippen molar-refractivity contribution in [1.82, 2.24) is 0 Å². The molecular formula is C33H31NO6S. The standard InChI is InChI=1S/C33H31NO6S/c1-21(36)24-4-3-7-27(17-24)34-32(38)25-5-2-6-26(16-25)33-39-29(20-41-30-14-12-28(37)13-15-30)18-31(40-33)23-10-8-22(19-35)9-11-23/h2-17,29,31,33,35,37H,18-20H2,1H3,(H,34,38). The molecule has 8 heteroatoms. The summed E-state index contributed by atoms with van der Waals surface area (Å²) in [5, 5.41) is 21.9. The van der Waals surface area contributed by atoms with Crippen molar-refractivity contribution in [3.8, 4) is 5.75 Å². The van der Waals surface area contributed by atoms with Gasteiger partial charge in [0, 0.05) is 39.4 Å². The number of phenolic OH excluding ortho intramolecular Hbond substituents is 1. The van der Waals surface area contributed by atoms with Gasteiger partial charge in [0.25, 0.3) is 5.91 Å². The first-order valence-electron chi connectivity index (χ1n) is 13.3. The van der Waals surface area contributed by atoms with E-state index in [-0.39, 0.29) is 36.3 Å². The molecule has 1 aliphatic heterocycles. The highest BCUT2D eigenvalue weighted by Crippen LogP contribution is 2.39. The highest BCUT2D eigenvalue weighted by atomic mass is 32.2. The second-order valence-corrected chi connectivity index (χ2v) is 11.0. The first kappa shape index (κ1) is 28.6. The number of amides is 1. The van der Waals surface area contributed by atoms with Crippen LogP contribution in [0.1, 0.15) is 63.1 Å². The number of nitrogens with one attached hydrogen (secondary N) is 1. The number of rotatable bonds is 9. The van der Waals surface area contributed by atoms with Crippen molar-refractivity contribution in [2.24, 2.45) is 0 Å². The molecule has 1 saturated heterocycles. The van der Waals surface area contributed by atoms with E-state index < -0.39 is 6.29 Å². The topological polar surface area (TPSA) is 105 Å². The van der Waals surface area contributed by atoms with Gasteiger partial charge in [0.2, 0.25) is 0 Å². The average Bonchev–Trinajstić information content (AvgIpc) is 3.01. The zero-order chi connectivity index (χ0) is 28.8. The monoisotopic (exact) mass is 569 g/mol. The smallest absolute Gasteiger partial charge is 0.255 e. The maximum Gasteiger partial charge on any atom is 0.255 e. The predicted molar refractivity (Wildman–Crippen MR) is 158 cm³/mol. The molecule has 4 aromatic rings. The fraction of sp³-hybridized carbons (Fsp3) is 0.212. The maximum absolute atomic E-state index is 13.1. The van der Waals surface area contributed by atoms with Crippen molar-refractivity contribution in [2.75, 3.05) is 11.1 Å². The van der Waals surface area contributed by atoms with Gasteiger partial charge < -0.3 is 25.0 Å². The number of aliphatic hydroxyl groups excluding tert-OH is 1. The van der Waals surface area contributed by atoms with Gasteiger partial charge in [-0.25, -0.2) is 0 Å². The SMILES string of the molecule is CC(=O)c1cccc(NC(=O)c2cccc(C3OC(CSc4ccc(O)cc4)CC(c4ccc(CO)cc4)O3)c2)c1. The van der Waals surface area contributed by atoms with E-state index in [0.717, 1.165) is 16.0 Å². The number of ketones is 1. The van der Waals surface area contributed by atoms with Crippen molar-refractivity contribution < 1.29 is 29.3 Å². The molecule has 0 aliphatic carbocycles. The van der Waals surface area contributed by atoms with Gasteiger partial charge in [-0.05, 0) is 66.6 Å². The van der Waals surface area contributed by atoms with Crippen molar-refractivity contribution in [2.45, 2.75) is 43.3 Å². The van der Waals surface area contributed by atoms with Crippen LogP contribution >= 0.6 is 11.8 Å². The summed E-state index contributed by atoms with van der Waals surface area (Å²) < 4.78 is 12.8. The van der Waals surface area contributed by atoms with Gasteiger partial charge in [0.1, 0.15) is 5.75 Å². The van der Waals surface area contributed by atoms with Crippen molar-refractivity contribution in [3.63, 3.8) is 0 Å². The summed E-state index contributed by atoms with van der Waals surface area (Å²) in [4.78, 5) is 25.9. The van der Waals surface area contributed by atoms with Crippen molar-refractivity contribution in [3.05, 3.63) is 125 Å². The third-order valence-electron chi connectivity index (χ3n) is 6.84. The van der Waals surface area contributed by atoms with Crippen molar-refractivity contribution >= 4 is 29.1 Å². The number of anilines is 1. The summed E-state index contributed by atoms with van der Waals surface area (Å²) in [5.74, 6) is 0.508. The van der Waals surface area contributed by atoms with E-state index in [2.05, 4.69) is 5.32 Å². The predicted octanol–water partition coefficient (Wildman–Crippen LogP) is 6.68. The molecule has 1 amide bonds. The molecular weight excluding hydrogens is 538 g/mol. The van der Waals surface area contributed by atoms with Crippen LogP contribution in [0, 0.1) is 0 Å². The number of hydrogen-bond donors (Lipinski definition) is 3. The molecule has 210 valence electrons. The molecule has 1 fully saturated rings. The second kappa shape index (κ2) is 13.1. The minimum absolute atomic E-state index is 0.0304. The number of aliphatic hydroxyl groups is 1. The molecule has 3 N–H and O–H groups in total. The molecule has 7 nitrogen and oxygen atoms in total. The maximum atomic E-state index is 13.1. The van der Waals surface area contributed by atoms with E-state index in [0.29, 0.717) is 34.6 Å². The number of ether oxygens (including phenoxy) is 2. The second-order valence-electron chi connectivity index (χ2n) is 9.87. The van der Waals surface area contributed by atoms with E-state index in [1.54, 1.807) is 66.4 Å². The van der Waals surface area contributed by atoms with Crippen molar-refractivity contribution in [1.29, 1.82) is 0 Å². The summed E-state index contributed by atoms with van der Waals surface area (Å²) in [7, 11) is 0. The Hall–Kier alpha value is -3.95. The van der Waals surface area contributed by atoms with Crippen LogP contribution in [-0.4, -0.2) is 33.8 Å². The summed E-state index contributed by atoms with van der Waals surface area (Å²) in [5.41, 5.74) is 4.02. The Bertz CT molecular complexity index is 1510. The van der Waals surface area contributed by atoms with E-state index >= 15 is 0 Å². The number of aromatic hydroxyl groups is 1. The van der Waals surface area contributed by atoms with Gasteiger partial charge in [-0.3, -0.25) is 9.59 Å². The highest BCUT2D eigenvalue weighted by Gasteiger charge is 2.32. The van der Waals surface area contributed by atoms with Crippen LogP contribution in [0.2, 0.25) is 0 Å². The van der Waals surface area contributed by atoms with Crippen LogP contribution in [0.3, 0.4) is 0 Å². The Kier molecular flexibility index (Phi) is 9.16. The quantitative estimate of drug-likeness (QED) is 0.153. The van der Waals surface area contributed by atoms with E-state index in [1.807, 2.05) is 42.5 Å². The lowest BCUT2D eigenvalue weighted by atomic mass is 10.0. The fourth-order valence-corrected chi connectivity index (χ4v) is 5.52. The minimum Gasteiger partial charge on any atom is -0.508 e. The number of benzene rings is 4. The summed E-state index contributed by atoms with van der Waals surface area (Å²) >= 11 is 1.64. The van der Waals surface area contributed by atoms with Crippen LogP contribution in [0.25, 0.3) is 0 Å². The first-order chi connectivity index (χ1) is 19.9. The van der Waals surface area contributed by atoms with Gasteiger partial charge in [-0.1, -0.05) is 48.5 Å². The molecule has 5 rings (SSSR count). The summed E-state index contributed by atoms with van der Waals surface area (Å²) in [6.45, 7) is 1.46. The largest absolute Gasteiger partial charge is 0.508 e. The lowest BCUT2D eigenvalue weighted by Crippen LogP contribution is -2.31. The fourth-order valence-electron chi connectivity index (χ4n) is 4.60. The van der Waals surface area contributed by atoms with E-state index in [1.165, 1.54) is 6.92 Å². The number of carbonyl (C=O) groups is 2. The number of carbonyl (C=O) groups excluding carboxylic acids is 2. The summed E-state index contributed by atoms with van der Waals surface area (Å²) in [6, 6.07) is 28.7. The van der Waals surface area contributed by atoms with Crippen LogP contribution in [0.15, 0.2) is 102 Å². The van der Waals surface area contributed by atoms with Crippen LogP contribution in [0.5, 0.6) is 5.75 Å². The molecule has 3 unspecified atom stereocenters. The number of Topliss-reactive ketones (excluding diaryl/α,β-unsaturated/α-hetero) is 1. The van der Waals surface area contributed by atoms with Crippen LogP contribution in [0.4, 0.5) is 5.69 Å². The number of phenols is 1. The van der Waals surface area contributed by atoms with E-state index in [4.69, 9.17) is 9.47 Å². The van der Waals surface area contributed by atoms with Crippen LogP contribution in [-0.2, 0) is 16.1 Å². The lowest BCUT2D eigenvalue weighted by molar-refractivity contribution is -0.245.